The van der Waals surface area contributed by atoms with Crippen LogP contribution in [0, 0.1) is 7.14 Å². The minimum Gasteiger partial charge on any atom is -0.466 e. The summed E-state index contributed by atoms with van der Waals surface area (Å²) in [5.41, 5.74) is 2.06. The fourth-order valence-electron chi connectivity index (χ4n) is 4.65. The van der Waals surface area contributed by atoms with Crippen LogP contribution in [-0.4, -0.2) is 44.0 Å². The van der Waals surface area contributed by atoms with Gasteiger partial charge in [0.1, 0.15) is 11.5 Å². The molecule has 0 aliphatic carbocycles. The standard InChI is InChI=1S/C30H36I2O4Si2/c1-33-17-35-29-25(31)15-19-13-21(37(3,4)5)9-11-23(19)27(29)28-24-12-10-22(38(6,7)8)14-20(24)16-26(32)30(28)36-18-34-2/h9-16H,17-18H2,1-8H3. The SMILES string of the molecule is COCOc1c(I)cc2cc([Si](C)(C)C)ccc2c1-c1c(OCOC)c(I)cc2cc([Si](C)(C)C)ccc12. The first-order valence-corrected chi connectivity index (χ1v) is 21.8. The molecule has 4 aromatic carbocycles. The number of methoxy groups -OCH3 is 2. The lowest BCUT2D eigenvalue weighted by Gasteiger charge is -2.24. The van der Waals surface area contributed by atoms with Crippen LogP contribution in [0.5, 0.6) is 11.5 Å². The van der Waals surface area contributed by atoms with Crippen LogP contribution in [0.15, 0.2) is 48.5 Å². The number of ether oxygens (including phenoxy) is 4. The van der Waals surface area contributed by atoms with Gasteiger partial charge in [-0.15, -0.1) is 0 Å². The Kier molecular flexibility index (Phi) is 9.20. The molecule has 0 saturated heterocycles. The van der Waals surface area contributed by atoms with E-state index in [1.54, 1.807) is 14.2 Å². The molecule has 8 heteroatoms. The summed E-state index contributed by atoms with van der Waals surface area (Å²) < 4.78 is 25.4. The number of benzene rings is 4. The summed E-state index contributed by atoms with van der Waals surface area (Å²) in [6.45, 7) is 14.6. The molecule has 0 unspecified atom stereocenters. The lowest BCUT2D eigenvalue weighted by atomic mass is 9.92. The van der Waals surface area contributed by atoms with Gasteiger partial charge in [0.25, 0.3) is 0 Å². The van der Waals surface area contributed by atoms with Gasteiger partial charge < -0.3 is 18.9 Å². The van der Waals surface area contributed by atoms with Crippen LogP contribution in [-0.2, 0) is 9.47 Å². The Bertz CT molecular complexity index is 1380. The highest BCUT2D eigenvalue weighted by atomic mass is 127. The van der Waals surface area contributed by atoms with Crippen molar-refractivity contribution in [3.63, 3.8) is 0 Å². The van der Waals surface area contributed by atoms with Crippen molar-refractivity contribution in [3.8, 4) is 22.6 Å². The average Bonchev–Trinajstić information content (AvgIpc) is 2.84. The molecule has 0 heterocycles. The maximum absolute atomic E-state index is 6.30. The minimum atomic E-state index is -1.50. The summed E-state index contributed by atoms with van der Waals surface area (Å²) in [5, 5.41) is 7.55. The maximum atomic E-state index is 6.30. The molecule has 0 fully saturated rings. The fourth-order valence-corrected chi connectivity index (χ4v) is 8.52. The molecular weight excluding hydrogens is 734 g/mol. The molecule has 0 N–H and O–H groups in total. The quantitative estimate of drug-likeness (QED) is 0.0986. The van der Waals surface area contributed by atoms with Crippen LogP contribution in [0.3, 0.4) is 0 Å². The van der Waals surface area contributed by atoms with Crippen LogP contribution in [0.1, 0.15) is 0 Å². The molecule has 0 aliphatic heterocycles. The molecule has 202 valence electrons. The second-order valence-electron chi connectivity index (χ2n) is 11.6. The van der Waals surface area contributed by atoms with Crippen molar-refractivity contribution in [1.82, 2.24) is 0 Å². The summed E-state index contributed by atoms with van der Waals surface area (Å²) in [7, 11) is 0.311. The first-order chi connectivity index (χ1) is 17.9. The molecule has 4 aromatic rings. The van der Waals surface area contributed by atoms with Gasteiger partial charge in [0.05, 0.1) is 23.3 Å². The highest BCUT2D eigenvalue weighted by Crippen LogP contribution is 2.49. The Morgan fingerprint density at radius 3 is 1.26 bits per heavy atom. The molecular formula is C30H36I2O4Si2. The van der Waals surface area contributed by atoms with E-state index in [-0.39, 0.29) is 13.6 Å². The Morgan fingerprint density at radius 1 is 0.579 bits per heavy atom. The van der Waals surface area contributed by atoms with Crippen molar-refractivity contribution in [2.45, 2.75) is 39.3 Å². The Balaban J connectivity index is 2.17. The van der Waals surface area contributed by atoms with Crippen molar-refractivity contribution >= 4 is 93.2 Å². The van der Waals surface area contributed by atoms with E-state index >= 15 is 0 Å². The zero-order valence-corrected chi connectivity index (χ0v) is 29.7. The summed E-state index contributed by atoms with van der Waals surface area (Å²) in [5.74, 6) is 1.61. The number of hydrogen-bond acceptors (Lipinski definition) is 4. The number of rotatable bonds is 9. The second-order valence-corrected chi connectivity index (χ2v) is 24.1. The molecule has 0 saturated carbocycles. The molecule has 38 heavy (non-hydrogen) atoms. The smallest absolute Gasteiger partial charge is 0.188 e. The largest absolute Gasteiger partial charge is 0.466 e. The lowest BCUT2D eigenvalue weighted by Crippen LogP contribution is -2.37. The molecule has 0 spiro atoms. The topological polar surface area (TPSA) is 36.9 Å². The second kappa shape index (κ2) is 11.7. The molecule has 4 nitrogen and oxygen atoms in total. The third-order valence-corrected chi connectivity index (χ3v) is 12.4. The number of fused-ring (bicyclic) bond motifs is 2. The van der Waals surface area contributed by atoms with Crippen LogP contribution in [0.25, 0.3) is 32.7 Å². The highest BCUT2D eigenvalue weighted by Gasteiger charge is 2.26. The molecule has 0 atom stereocenters. The van der Waals surface area contributed by atoms with Gasteiger partial charge in [0, 0.05) is 25.3 Å². The third kappa shape index (κ3) is 6.09. The Labute approximate surface area is 255 Å². The minimum absolute atomic E-state index is 0.164. The fraction of sp³-hybridized carbons (Fsp3) is 0.333. The zero-order chi connectivity index (χ0) is 27.8. The van der Waals surface area contributed by atoms with Gasteiger partial charge in [0.2, 0.25) is 0 Å². The van der Waals surface area contributed by atoms with E-state index in [9.17, 15) is 0 Å². The van der Waals surface area contributed by atoms with Crippen molar-refractivity contribution in [2.24, 2.45) is 0 Å². The van der Waals surface area contributed by atoms with Gasteiger partial charge in [-0.2, -0.15) is 0 Å². The normalized spacial score (nSPS) is 12.4. The summed E-state index contributed by atoms with van der Waals surface area (Å²) in [6, 6.07) is 18.3. The van der Waals surface area contributed by atoms with E-state index in [1.165, 1.54) is 21.1 Å². The summed E-state index contributed by atoms with van der Waals surface area (Å²) in [4.78, 5) is 0. The van der Waals surface area contributed by atoms with E-state index in [0.717, 1.165) is 40.5 Å². The van der Waals surface area contributed by atoms with Crippen molar-refractivity contribution < 1.29 is 18.9 Å². The van der Waals surface area contributed by atoms with Crippen molar-refractivity contribution in [3.05, 3.63) is 55.7 Å². The van der Waals surface area contributed by atoms with Gasteiger partial charge in [-0.3, -0.25) is 0 Å². The molecule has 0 bridgehead atoms. The molecule has 0 amide bonds. The van der Waals surface area contributed by atoms with Gasteiger partial charge >= 0.3 is 0 Å². The predicted octanol–water partition coefficient (Wildman–Crippen LogP) is 7.93. The number of halogens is 2. The summed E-state index contributed by atoms with van der Waals surface area (Å²) in [6.07, 6.45) is 0. The van der Waals surface area contributed by atoms with Gasteiger partial charge in [0.15, 0.2) is 13.6 Å². The third-order valence-electron chi connectivity index (χ3n) is 6.72. The predicted molar refractivity (Wildman–Crippen MR) is 183 cm³/mol. The monoisotopic (exact) mass is 770 g/mol. The molecule has 0 aromatic heterocycles. The van der Waals surface area contributed by atoms with Crippen LogP contribution < -0.4 is 19.8 Å². The maximum Gasteiger partial charge on any atom is 0.188 e. The molecule has 0 aliphatic rings. The van der Waals surface area contributed by atoms with E-state index in [4.69, 9.17) is 18.9 Å². The van der Waals surface area contributed by atoms with E-state index in [2.05, 4.69) is 133 Å². The van der Waals surface area contributed by atoms with E-state index < -0.39 is 16.1 Å². The number of hydrogen-bond donors (Lipinski definition) is 0. The van der Waals surface area contributed by atoms with Gasteiger partial charge in [-0.1, -0.05) is 86.1 Å². The van der Waals surface area contributed by atoms with Crippen molar-refractivity contribution in [1.29, 1.82) is 0 Å². The first kappa shape index (κ1) is 29.8. The molecule has 4 rings (SSSR count). The van der Waals surface area contributed by atoms with Crippen molar-refractivity contribution in [2.75, 3.05) is 27.8 Å². The first-order valence-electron chi connectivity index (χ1n) is 12.6. The highest BCUT2D eigenvalue weighted by molar-refractivity contribution is 14.1. The van der Waals surface area contributed by atoms with Gasteiger partial charge in [-0.05, 0) is 78.9 Å². The van der Waals surface area contributed by atoms with Crippen LogP contribution >= 0.6 is 45.2 Å². The van der Waals surface area contributed by atoms with Crippen LogP contribution in [0.2, 0.25) is 39.3 Å². The zero-order valence-electron chi connectivity index (χ0n) is 23.4. The molecule has 0 radical (unpaired) electrons. The van der Waals surface area contributed by atoms with E-state index in [0.29, 0.717) is 0 Å². The van der Waals surface area contributed by atoms with Crippen LogP contribution in [0.4, 0.5) is 0 Å². The lowest BCUT2D eigenvalue weighted by molar-refractivity contribution is 0.0495. The Morgan fingerprint density at radius 2 is 0.947 bits per heavy atom. The van der Waals surface area contributed by atoms with Gasteiger partial charge in [-0.25, -0.2) is 0 Å². The summed E-state index contributed by atoms with van der Waals surface area (Å²) >= 11 is 4.78. The average molecular weight is 771 g/mol. The van der Waals surface area contributed by atoms with E-state index in [1.807, 2.05) is 0 Å². The Hall–Kier alpha value is -1.19.